The molecule has 0 aliphatic heterocycles. The SMILES string of the molecule is CNCc1cccc(Br)c1OCc1cccc(C)c1. The third-order valence-electron chi connectivity index (χ3n) is 2.88. The Hall–Kier alpha value is -1.32. The number of aryl methyl sites for hydroxylation is 1. The van der Waals surface area contributed by atoms with Crippen LogP contribution in [-0.4, -0.2) is 7.05 Å². The van der Waals surface area contributed by atoms with Gasteiger partial charge in [0.25, 0.3) is 0 Å². The van der Waals surface area contributed by atoms with Gasteiger partial charge in [-0.1, -0.05) is 42.0 Å². The van der Waals surface area contributed by atoms with E-state index in [1.807, 2.05) is 19.2 Å². The van der Waals surface area contributed by atoms with Crippen LogP contribution in [0.4, 0.5) is 0 Å². The van der Waals surface area contributed by atoms with E-state index in [1.54, 1.807) is 0 Å². The third-order valence-corrected chi connectivity index (χ3v) is 3.51. The number of rotatable bonds is 5. The zero-order chi connectivity index (χ0) is 13.7. The fourth-order valence-electron chi connectivity index (χ4n) is 2.00. The Morgan fingerprint density at radius 1 is 1.16 bits per heavy atom. The van der Waals surface area contributed by atoms with Gasteiger partial charge in [0, 0.05) is 12.1 Å². The van der Waals surface area contributed by atoms with Crippen molar-refractivity contribution < 1.29 is 4.74 Å². The molecule has 0 heterocycles. The molecule has 2 rings (SSSR count). The Morgan fingerprint density at radius 3 is 2.68 bits per heavy atom. The fourth-order valence-corrected chi connectivity index (χ4v) is 2.52. The Bertz CT molecular complexity index is 554. The summed E-state index contributed by atoms with van der Waals surface area (Å²) in [5, 5.41) is 3.16. The van der Waals surface area contributed by atoms with Crippen LogP contribution < -0.4 is 10.1 Å². The number of hydrogen-bond donors (Lipinski definition) is 1. The summed E-state index contributed by atoms with van der Waals surface area (Å²) < 4.78 is 6.97. The molecule has 0 atom stereocenters. The lowest BCUT2D eigenvalue weighted by Crippen LogP contribution is -2.08. The van der Waals surface area contributed by atoms with E-state index in [-0.39, 0.29) is 0 Å². The highest BCUT2D eigenvalue weighted by Gasteiger charge is 2.07. The highest BCUT2D eigenvalue weighted by atomic mass is 79.9. The lowest BCUT2D eigenvalue weighted by atomic mass is 10.1. The zero-order valence-corrected chi connectivity index (χ0v) is 12.8. The molecule has 0 aromatic heterocycles. The molecule has 2 aromatic carbocycles. The first-order valence-corrected chi connectivity index (χ1v) is 7.10. The fraction of sp³-hybridized carbons (Fsp3) is 0.250. The smallest absolute Gasteiger partial charge is 0.138 e. The summed E-state index contributed by atoms with van der Waals surface area (Å²) in [6.45, 7) is 3.47. The van der Waals surface area contributed by atoms with E-state index in [9.17, 15) is 0 Å². The third kappa shape index (κ3) is 3.82. The minimum atomic E-state index is 0.584. The molecule has 0 spiro atoms. The van der Waals surface area contributed by atoms with Gasteiger partial charge in [0.05, 0.1) is 4.47 Å². The lowest BCUT2D eigenvalue weighted by molar-refractivity contribution is 0.300. The maximum Gasteiger partial charge on any atom is 0.138 e. The molecular weight excluding hydrogens is 302 g/mol. The Morgan fingerprint density at radius 2 is 1.95 bits per heavy atom. The van der Waals surface area contributed by atoms with Gasteiger partial charge in [0.15, 0.2) is 0 Å². The molecule has 0 aliphatic carbocycles. The normalized spacial score (nSPS) is 10.5. The van der Waals surface area contributed by atoms with Crippen molar-refractivity contribution in [2.24, 2.45) is 0 Å². The van der Waals surface area contributed by atoms with Crippen molar-refractivity contribution in [1.82, 2.24) is 5.32 Å². The van der Waals surface area contributed by atoms with Gasteiger partial charge >= 0.3 is 0 Å². The van der Waals surface area contributed by atoms with Crippen LogP contribution in [0.5, 0.6) is 5.75 Å². The molecule has 100 valence electrons. The largest absolute Gasteiger partial charge is 0.487 e. The molecule has 0 fully saturated rings. The molecule has 0 saturated heterocycles. The van der Waals surface area contributed by atoms with E-state index >= 15 is 0 Å². The first kappa shape index (κ1) is 14.1. The van der Waals surface area contributed by atoms with Gasteiger partial charge in [-0.05, 0) is 41.5 Å². The van der Waals surface area contributed by atoms with Crippen molar-refractivity contribution in [2.45, 2.75) is 20.1 Å². The molecule has 0 unspecified atom stereocenters. The predicted molar refractivity (Wildman–Crippen MR) is 82.4 cm³/mol. The number of nitrogens with one attached hydrogen (secondary N) is 1. The predicted octanol–water partition coefficient (Wildman–Crippen LogP) is 4.06. The first-order valence-electron chi connectivity index (χ1n) is 6.31. The second-order valence-corrected chi connectivity index (χ2v) is 5.39. The topological polar surface area (TPSA) is 21.3 Å². The summed E-state index contributed by atoms with van der Waals surface area (Å²) >= 11 is 3.55. The second-order valence-electron chi connectivity index (χ2n) is 4.54. The second kappa shape index (κ2) is 6.73. The van der Waals surface area contributed by atoms with Crippen molar-refractivity contribution in [3.05, 3.63) is 63.6 Å². The minimum Gasteiger partial charge on any atom is -0.487 e. The standard InChI is InChI=1S/C16H18BrNO/c1-12-5-3-6-13(9-12)11-19-16-14(10-18-2)7-4-8-15(16)17/h3-9,18H,10-11H2,1-2H3. The summed E-state index contributed by atoms with van der Waals surface area (Å²) in [5.74, 6) is 0.915. The van der Waals surface area contributed by atoms with E-state index in [0.29, 0.717) is 6.61 Å². The number of benzene rings is 2. The molecule has 0 aliphatic rings. The quantitative estimate of drug-likeness (QED) is 0.897. The summed E-state index contributed by atoms with van der Waals surface area (Å²) in [6.07, 6.45) is 0. The first-order chi connectivity index (χ1) is 9.20. The van der Waals surface area contributed by atoms with Crippen LogP contribution in [-0.2, 0) is 13.2 Å². The van der Waals surface area contributed by atoms with Crippen molar-refractivity contribution >= 4 is 15.9 Å². The van der Waals surface area contributed by atoms with Crippen LogP contribution in [0.15, 0.2) is 46.9 Å². The maximum atomic E-state index is 5.97. The number of ether oxygens (including phenoxy) is 1. The van der Waals surface area contributed by atoms with Gasteiger partial charge in [0.1, 0.15) is 12.4 Å². The van der Waals surface area contributed by atoms with Gasteiger partial charge in [-0.3, -0.25) is 0 Å². The van der Waals surface area contributed by atoms with Gasteiger partial charge in [-0.15, -0.1) is 0 Å². The van der Waals surface area contributed by atoms with Gasteiger partial charge < -0.3 is 10.1 Å². The van der Waals surface area contributed by atoms with Crippen LogP contribution in [0.1, 0.15) is 16.7 Å². The van der Waals surface area contributed by atoms with E-state index < -0.39 is 0 Å². The van der Waals surface area contributed by atoms with Gasteiger partial charge in [0.2, 0.25) is 0 Å². The molecule has 0 saturated carbocycles. The van der Waals surface area contributed by atoms with Crippen molar-refractivity contribution in [3.63, 3.8) is 0 Å². The zero-order valence-electron chi connectivity index (χ0n) is 11.2. The molecule has 1 N–H and O–H groups in total. The minimum absolute atomic E-state index is 0.584. The van der Waals surface area contributed by atoms with Gasteiger partial charge in [-0.25, -0.2) is 0 Å². The summed E-state index contributed by atoms with van der Waals surface area (Å²) in [7, 11) is 1.94. The number of halogens is 1. The molecule has 2 nitrogen and oxygen atoms in total. The van der Waals surface area contributed by atoms with Crippen LogP contribution in [0.3, 0.4) is 0 Å². The molecule has 0 radical (unpaired) electrons. The summed E-state index contributed by atoms with van der Waals surface area (Å²) in [6, 6.07) is 14.5. The molecule has 2 aromatic rings. The van der Waals surface area contributed by atoms with Crippen LogP contribution in [0.2, 0.25) is 0 Å². The van der Waals surface area contributed by atoms with E-state index in [2.05, 4.69) is 58.5 Å². The number of hydrogen-bond acceptors (Lipinski definition) is 2. The van der Waals surface area contributed by atoms with Crippen LogP contribution >= 0.6 is 15.9 Å². The Balaban J connectivity index is 2.14. The van der Waals surface area contributed by atoms with Crippen molar-refractivity contribution in [1.29, 1.82) is 0 Å². The molecule has 0 amide bonds. The highest BCUT2D eigenvalue weighted by Crippen LogP contribution is 2.29. The Labute approximate surface area is 122 Å². The molecule has 0 bridgehead atoms. The molecule has 19 heavy (non-hydrogen) atoms. The van der Waals surface area contributed by atoms with E-state index in [4.69, 9.17) is 4.74 Å². The molecule has 3 heteroatoms. The summed E-state index contributed by atoms with van der Waals surface area (Å²) in [5.41, 5.74) is 3.60. The summed E-state index contributed by atoms with van der Waals surface area (Å²) in [4.78, 5) is 0. The van der Waals surface area contributed by atoms with Crippen molar-refractivity contribution in [3.8, 4) is 5.75 Å². The maximum absolute atomic E-state index is 5.97. The van der Waals surface area contributed by atoms with Crippen LogP contribution in [0.25, 0.3) is 0 Å². The van der Waals surface area contributed by atoms with E-state index in [1.165, 1.54) is 11.1 Å². The van der Waals surface area contributed by atoms with Gasteiger partial charge in [-0.2, -0.15) is 0 Å². The van der Waals surface area contributed by atoms with Crippen molar-refractivity contribution in [2.75, 3.05) is 7.05 Å². The number of para-hydroxylation sites is 1. The van der Waals surface area contributed by atoms with E-state index in [0.717, 1.165) is 22.3 Å². The average Bonchev–Trinajstić information content (AvgIpc) is 2.38. The highest BCUT2D eigenvalue weighted by molar-refractivity contribution is 9.10. The Kier molecular flexibility index (Phi) is 5.00. The lowest BCUT2D eigenvalue weighted by Gasteiger charge is -2.13. The monoisotopic (exact) mass is 319 g/mol. The molecular formula is C16H18BrNO. The average molecular weight is 320 g/mol. The van der Waals surface area contributed by atoms with Crippen LogP contribution in [0, 0.1) is 6.92 Å².